The molecule has 62 valence electrons. The van der Waals surface area contributed by atoms with E-state index in [9.17, 15) is 9.36 Å². The zero-order valence-electron chi connectivity index (χ0n) is 6.79. The molecule has 1 unspecified atom stereocenters. The van der Waals surface area contributed by atoms with Gasteiger partial charge in [-0.05, 0) is 20.3 Å². The Morgan fingerprint density at radius 1 is 1.55 bits per heavy atom. The van der Waals surface area contributed by atoms with Crippen molar-refractivity contribution in [3.05, 3.63) is 0 Å². The molecule has 0 aromatic carbocycles. The van der Waals surface area contributed by atoms with Gasteiger partial charge in [0.05, 0.1) is 0 Å². The van der Waals surface area contributed by atoms with Crippen LogP contribution in [0.4, 0.5) is 0 Å². The molecule has 0 aliphatic rings. The fourth-order valence-corrected chi connectivity index (χ4v) is 1.59. The Hall–Kier alpha value is -0.740. The maximum atomic E-state index is 11.3. The van der Waals surface area contributed by atoms with E-state index < -0.39 is 18.8 Å². The molecular formula is C7H11O3P. The lowest BCUT2D eigenvalue weighted by molar-refractivity contribution is -0.135. The molecule has 0 aliphatic heterocycles. The Balaban J connectivity index is 4.73. The van der Waals surface area contributed by atoms with Gasteiger partial charge in [0.25, 0.3) is 0 Å². The van der Waals surface area contributed by atoms with Crippen LogP contribution in [0.1, 0.15) is 6.92 Å². The van der Waals surface area contributed by atoms with Crippen LogP contribution >= 0.6 is 7.14 Å². The number of carbonyl (C=O) groups is 1. The number of aliphatic carboxylic acids is 1. The first-order valence-corrected chi connectivity index (χ1v) is 5.76. The summed E-state index contributed by atoms with van der Waals surface area (Å²) in [5, 5.41) is 8.57. The minimum absolute atomic E-state index is 1.01. The molecule has 1 atom stereocenters. The molecule has 3 nitrogen and oxygen atoms in total. The topological polar surface area (TPSA) is 54.4 Å². The molecule has 0 rings (SSSR count). The van der Waals surface area contributed by atoms with E-state index in [0.717, 1.165) is 0 Å². The molecule has 0 heterocycles. The summed E-state index contributed by atoms with van der Waals surface area (Å²) < 4.78 is 11.3. The van der Waals surface area contributed by atoms with Crippen LogP contribution in [0.2, 0.25) is 0 Å². The largest absolute Gasteiger partial charge is 0.480 e. The lowest BCUT2D eigenvalue weighted by Crippen LogP contribution is -2.17. The van der Waals surface area contributed by atoms with Gasteiger partial charge >= 0.3 is 5.97 Å². The SMILES string of the molecule is CC#CC(C(=O)O)P(C)(C)=O. The molecule has 11 heavy (non-hydrogen) atoms. The third-order valence-electron chi connectivity index (χ3n) is 1.14. The summed E-state index contributed by atoms with van der Waals surface area (Å²) >= 11 is 0. The predicted molar refractivity (Wildman–Crippen MR) is 44.3 cm³/mol. The first-order valence-electron chi connectivity index (χ1n) is 3.09. The second kappa shape index (κ2) is 3.59. The first kappa shape index (κ1) is 10.3. The first-order chi connectivity index (χ1) is 4.89. The number of carboxylic acids is 1. The summed E-state index contributed by atoms with van der Waals surface area (Å²) in [6, 6.07) is 0. The highest BCUT2D eigenvalue weighted by molar-refractivity contribution is 7.64. The number of rotatable bonds is 2. The maximum Gasteiger partial charge on any atom is 0.326 e. The number of carboxylic acid groups (broad SMARTS) is 1. The van der Waals surface area contributed by atoms with Gasteiger partial charge < -0.3 is 9.67 Å². The van der Waals surface area contributed by atoms with Crippen LogP contribution in [0, 0.1) is 11.8 Å². The quantitative estimate of drug-likeness (QED) is 0.503. The van der Waals surface area contributed by atoms with E-state index in [-0.39, 0.29) is 0 Å². The third-order valence-corrected chi connectivity index (χ3v) is 2.73. The van der Waals surface area contributed by atoms with Gasteiger partial charge in [0, 0.05) is 0 Å². The molecule has 0 aromatic rings. The molecule has 0 saturated heterocycles. The van der Waals surface area contributed by atoms with Crippen LogP contribution in [0.5, 0.6) is 0 Å². The van der Waals surface area contributed by atoms with E-state index in [1.54, 1.807) is 0 Å². The van der Waals surface area contributed by atoms with Crippen LogP contribution in [-0.4, -0.2) is 30.1 Å². The van der Waals surface area contributed by atoms with Crippen LogP contribution in [-0.2, 0) is 9.36 Å². The van der Waals surface area contributed by atoms with E-state index in [1.807, 2.05) is 0 Å². The maximum absolute atomic E-state index is 11.3. The van der Waals surface area contributed by atoms with Gasteiger partial charge in [-0.2, -0.15) is 0 Å². The second-order valence-electron chi connectivity index (χ2n) is 2.57. The van der Waals surface area contributed by atoms with Gasteiger partial charge in [-0.15, -0.1) is 5.92 Å². The van der Waals surface area contributed by atoms with Gasteiger partial charge in [-0.1, -0.05) is 5.92 Å². The zero-order valence-corrected chi connectivity index (χ0v) is 7.68. The number of hydrogen-bond acceptors (Lipinski definition) is 2. The van der Waals surface area contributed by atoms with Gasteiger partial charge in [0.1, 0.15) is 7.14 Å². The van der Waals surface area contributed by atoms with Crippen LogP contribution in [0.15, 0.2) is 0 Å². The molecule has 0 aromatic heterocycles. The van der Waals surface area contributed by atoms with Crippen molar-refractivity contribution in [1.29, 1.82) is 0 Å². The van der Waals surface area contributed by atoms with Gasteiger partial charge in [-0.25, -0.2) is 0 Å². The summed E-state index contributed by atoms with van der Waals surface area (Å²) in [4.78, 5) is 10.5. The molecular weight excluding hydrogens is 163 g/mol. The summed E-state index contributed by atoms with van der Waals surface area (Å²) in [6.07, 6.45) is 0. The standard InChI is InChI=1S/C7H11O3P/c1-4-5-6(7(8)9)11(2,3)10/h6H,1-3H3,(H,8,9). The van der Waals surface area contributed by atoms with Crippen LogP contribution in [0.25, 0.3) is 0 Å². The smallest absolute Gasteiger partial charge is 0.326 e. The van der Waals surface area contributed by atoms with Crippen molar-refractivity contribution in [3.8, 4) is 11.8 Å². The highest BCUT2D eigenvalue weighted by Crippen LogP contribution is 2.41. The molecule has 0 aliphatic carbocycles. The third kappa shape index (κ3) is 3.25. The molecule has 0 fully saturated rings. The minimum atomic E-state index is -2.62. The van der Waals surface area contributed by atoms with Crippen molar-refractivity contribution in [2.24, 2.45) is 0 Å². The van der Waals surface area contributed by atoms with E-state index in [1.165, 1.54) is 20.3 Å². The summed E-state index contributed by atoms with van der Waals surface area (Å²) in [6.45, 7) is 4.39. The Labute approximate surface area is 66.2 Å². The molecule has 0 spiro atoms. The lowest BCUT2D eigenvalue weighted by atomic mass is 10.4. The van der Waals surface area contributed by atoms with E-state index >= 15 is 0 Å². The normalized spacial score (nSPS) is 13.0. The Bertz CT molecular complexity index is 253. The predicted octanol–water partition coefficient (Wildman–Crippen LogP) is 1.09. The van der Waals surface area contributed by atoms with Crippen molar-refractivity contribution >= 4 is 13.1 Å². The van der Waals surface area contributed by atoms with Crippen LogP contribution in [0.3, 0.4) is 0 Å². The molecule has 0 bridgehead atoms. The highest BCUT2D eigenvalue weighted by Gasteiger charge is 2.27. The Morgan fingerprint density at radius 2 is 2.00 bits per heavy atom. The average molecular weight is 174 g/mol. The molecule has 0 radical (unpaired) electrons. The molecule has 0 saturated carbocycles. The summed E-state index contributed by atoms with van der Waals surface area (Å²) in [5.41, 5.74) is -1.01. The second-order valence-corrected chi connectivity index (χ2v) is 5.95. The van der Waals surface area contributed by atoms with Crippen molar-refractivity contribution in [3.63, 3.8) is 0 Å². The Kier molecular flexibility index (Phi) is 3.35. The fourth-order valence-electron chi connectivity index (χ4n) is 0.620. The number of hydrogen-bond donors (Lipinski definition) is 1. The van der Waals surface area contributed by atoms with Crippen molar-refractivity contribution in [2.75, 3.05) is 13.3 Å². The monoisotopic (exact) mass is 174 g/mol. The molecule has 0 amide bonds. The Morgan fingerprint density at radius 3 is 2.09 bits per heavy atom. The average Bonchev–Trinajstić information content (AvgIpc) is 1.79. The highest BCUT2D eigenvalue weighted by atomic mass is 31.2. The van der Waals surface area contributed by atoms with Gasteiger partial charge in [0.2, 0.25) is 0 Å². The summed E-state index contributed by atoms with van der Waals surface area (Å²) in [5.74, 6) is 3.76. The van der Waals surface area contributed by atoms with E-state index in [4.69, 9.17) is 5.11 Å². The van der Waals surface area contributed by atoms with E-state index in [2.05, 4.69) is 11.8 Å². The van der Waals surface area contributed by atoms with Crippen LogP contribution < -0.4 is 0 Å². The minimum Gasteiger partial charge on any atom is -0.480 e. The summed E-state index contributed by atoms with van der Waals surface area (Å²) in [7, 11) is -2.62. The van der Waals surface area contributed by atoms with Crippen molar-refractivity contribution < 1.29 is 14.5 Å². The zero-order chi connectivity index (χ0) is 9.07. The van der Waals surface area contributed by atoms with Gasteiger partial charge in [0.15, 0.2) is 5.66 Å². The van der Waals surface area contributed by atoms with Gasteiger partial charge in [-0.3, -0.25) is 4.79 Å². The molecule has 1 N–H and O–H groups in total. The van der Waals surface area contributed by atoms with Crippen molar-refractivity contribution in [2.45, 2.75) is 12.6 Å². The fraction of sp³-hybridized carbons (Fsp3) is 0.571. The van der Waals surface area contributed by atoms with E-state index in [0.29, 0.717) is 0 Å². The lowest BCUT2D eigenvalue weighted by Gasteiger charge is -2.09. The van der Waals surface area contributed by atoms with Crippen molar-refractivity contribution in [1.82, 2.24) is 0 Å². The molecule has 4 heteroatoms.